The largest absolute Gasteiger partial charge is 0.444 e. The number of ether oxygens (including phenoxy) is 1. The van der Waals surface area contributed by atoms with Crippen LogP contribution >= 0.6 is 0 Å². The molecule has 0 saturated carbocycles. The molecule has 10 heteroatoms. The van der Waals surface area contributed by atoms with Crippen LogP contribution in [0.5, 0.6) is 0 Å². The van der Waals surface area contributed by atoms with Crippen molar-refractivity contribution >= 4 is 22.8 Å². The van der Waals surface area contributed by atoms with Crippen LogP contribution in [0, 0.1) is 19.7 Å². The van der Waals surface area contributed by atoms with Crippen LogP contribution in [-0.2, 0) is 4.74 Å². The molecule has 4 heterocycles. The molecule has 1 aliphatic rings. The summed E-state index contributed by atoms with van der Waals surface area (Å²) in [5.74, 6) is -0.439. The highest BCUT2D eigenvalue weighted by Crippen LogP contribution is 2.28. The minimum Gasteiger partial charge on any atom is -0.444 e. The van der Waals surface area contributed by atoms with E-state index >= 15 is 4.39 Å². The van der Waals surface area contributed by atoms with Crippen molar-refractivity contribution in [1.29, 1.82) is 0 Å². The number of hydrogen-bond donors (Lipinski definition) is 0. The fourth-order valence-electron chi connectivity index (χ4n) is 4.30. The zero-order valence-corrected chi connectivity index (χ0v) is 20.0. The fraction of sp³-hybridized carbons (Fsp3) is 0.458. The van der Waals surface area contributed by atoms with Gasteiger partial charge in [-0.15, -0.1) is 5.10 Å². The molecular weight excluding hydrogens is 437 g/mol. The Bertz CT molecular complexity index is 1390. The number of fused-ring (bicyclic) bond motifs is 2. The van der Waals surface area contributed by atoms with Crippen LogP contribution in [-0.4, -0.2) is 59.3 Å². The highest BCUT2D eigenvalue weighted by molar-refractivity contribution is 5.81. The number of imidazole rings is 1. The molecule has 178 valence electrons. The first-order chi connectivity index (χ1) is 16.1. The molecule has 34 heavy (non-hydrogen) atoms. The van der Waals surface area contributed by atoms with Crippen molar-refractivity contribution in [2.45, 2.75) is 59.1 Å². The van der Waals surface area contributed by atoms with E-state index < -0.39 is 11.4 Å². The van der Waals surface area contributed by atoms with Crippen molar-refractivity contribution in [3.8, 4) is 11.3 Å². The number of benzene rings is 1. The number of nitrogens with zero attached hydrogens (tertiary/aromatic N) is 7. The van der Waals surface area contributed by atoms with Crippen LogP contribution in [0.3, 0.4) is 0 Å². The minimum absolute atomic E-state index is 0.0143. The van der Waals surface area contributed by atoms with Gasteiger partial charge in [-0.2, -0.15) is 15.0 Å². The van der Waals surface area contributed by atoms with Gasteiger partial charge >= 0.3 is 6.09 Å². The summed E-state index contributed by atoms with van der Waals surface area (Å²) in [4.78, 5) is 20.1. The maximum atomic E-state index is 15.0. The second-order valence-corrected chi connectivity index (χ2v) is 9.91. The molecule has 0 spiro atoms. The number of likely N-dealkylation sites (tertiary alicyclic amines) is 1. The van der Waals surface area contributed by atoms with Gasteiger partial charge in [0.1, 0.15) is 16.6 Å². The summed E-state index contributed by atoms with van der Waals surface area (Å²) in [6.07, 6.45) is 2.88. The molecule has 4 aromatic rings. The van der Waals surface area contributed by atoms with E-state index in [1.54, 1.807) is 14.2 Å². The Morgan fingerprint density at radius 3 is 2.53 bits per heavy atom. The van der Waals surface area contributed by atoms with E-state index in [2.05, 4.69) is 20.3 Å². The van der Waals surface area contributed by atoms with E-state index in [0.29, 0.717) is 42.7 Å². The Morgan fingerprint density at radius 1 is 1.09 bits per heavy atom. The number of piperidine rings is 1. The van der Waals surface area contributed by atoms with Crippen LogP contribution in [0.2, 0.25) is 0 Å². The van der Waals surface area contributed by atoms with E-state index in [0.717, 1.165) is 16.9 Å². The lowest BCUT2D eigenvalue weighted by Gasteiger charge is -2.32. The summed E-state index contributed by atoms with van der Waals surface area (Å²) in [6.45, 7) is 10.5. The van der Waals surface area contributed by atoms with Gasteiger partial charge in [0.25, 0.3) is 0 Å². The predicted octanol–water partition coefficient (Wildman–Crippen LogP) is 4.47. The molecule has 0 N–H and O–H groups in total. The molecule has 0 bridgehead atoms. The van der Waals surface area contributed by atoms with Gasteiger partial charge in [-0.1, -0.05) is 0 Å². The number of aromatic nitrogens is 6. The summed E-state index contributed by atoms with van der Waals surface area (Å²) in [5.41, 5.74) is 4.07. The lowest BCUT2D eigenvalue weighted by molar-refractivity contribution is 0.0180. The Morgan fingerprint density at radius 2 is 1.82 bits per heavy atom. The smallest absolute Gasteiger partial charge is 0.410 e. The summed E-state index contributed by atoms with van der Waals surface area (Å²) >= 11 is 0. The molecule has 1 aromatic carbocycles. The third-order valence-electron chi connectivity index (χ3n) is 5.92. The molecule has 1 aliphatic heterocycles. The molecule has 0 aliphatic carbocycles. The second kappa shape index (κ2) is 8.03. The molecule has 3 aromatic heterocycles. The highest BCUT2D eigenvalue weighted by Gasteiger charge is 2.29. The van der Waals surface area contributed by atoms with Crippen LogP contribution < -0.4 is 0 Å². The van der Waals surface area contributed by atoms with E-state index in [1.165, 1.54) is 6.07 Å². The molecule has 9 nitrogen and oxygen atoms in total. The third kappa shape index (κ3) is 4.20. The summed E-state index contributed by atoms with van der Waals surface area (Å²) in [6, 6.07) is 5.15. The molecular formula is C24H28FN7O2. The van der Waals surface area contributed by atoms with Gasteiger partial charge in [0.15, 0.2) is 11.5 Å². The van der Waals surface area contributed by atoms with E-state index in [4.69, 9.17) is 4.74 Å². The monoisotopic (exact) mass is 465 g/mol. The van der Waals surface area contributed by atoms with Gasteiger partial charge < -0.3 is 9.64 Å². The molecule has 0 unspecified atom stereocenters. The van der Waals surface area contributed by atoms with Gasteiger partial charge in [0, 0.05) is 18.7 Å². The second-order valence-electron chi connectivity index (χ2n) is 9.91. The van der Waals surface area contributed by atoms with E-state index in [-0.39, 0.29) is 17.7 Å². The van der Waals surface area contributed by atoms with Gasteiger partial charge in [-0.05, 0) is 71.2 Å². The maximum Gasteiger partial charge on any atom is 0.410 e. The standard InChI is InChI=1S/C24H28FN7O2/c1-14-10-19(27-31-13-15(2)26-22(14)31)16-11-18(25)21-20(12-16)28-32(29-21)17-6-8-30(9-7-17)23(33)34-24(3,4)5/h10-13,17H,6-9H2,1-5H3. The van der Waals surface area contributed by atoms with Crippen LogP contribution in [0.25, 0.3) is 27.9 Å². The normalized spacial score (nSPS) is 15.4. The van der Waals surface area contributed by atoms with Crippen LogP contribution in [0.1, 0.15) is 50.9 Å². The minimum atomic E-state index is -0.529. The fourth-order valence-corrected chi connectivity index (χ4v) is 4.30. The van der Waals surface area contributed by atoms with Crippen molar-refractivity contribution in [2.75, 3.05) is 13.1 Å². The van der Waals surface area contributed by atoms with Gasteiger partial charge in [0.2, 0.25) is 0 Å². The first kappa shape index (κ1) is 22.2. The molecule has 1 amide bonds. The SMILES string of the molecule is Cc1cn2nc(-c3cc(F)c4nn(C5CCN(C(=O)OC(C)(C)C)CC5)nc4c3)cc(C)c2n1. The van der Waals surface area contributed by atoms with Crippen molar-refractivity contribution in [3.63, 3.8) is 0 Å². The average Bonchev–Trinajstić information content (AvgIpc) is 3.36. The average molecular weight is 466 g/mol. The maximum absolute atomic E-state index is 15.0. The number of aryl methyl sites for hydroxylation is 2. The Kier molecular flexibility index (Phi) is 5.26. The summed E-state index contributed by atoms with van der Waals surface area (Å²) < 4.78 is 22.2. The molecule has 0 atom stereocenters. The highest BCUT2D eigenvalue weighted by atomic mass is 19.1. The first-order valence-electron chi connectivity index (χ1n) is 11.5. The molecule has 1 saturated heterocycles. The number of carbonyl (C=O) groups is 1. The topological polar surface area (TPSA) is 90.4 Å². The van der Waals surface area contributed by atoms with Crippen molar-refractivity contribution in [3.05, 3.63) is 41.5 Å². The Labute approximate surface area is 196 Å². The van der Waals surface area contributed by atoms with Crippen LogP contribution in [0.15, 0.2) is 24.4 Å². The van der Waals surface area contributed by atoms with Crippen molar-refractivity contribution < 1.29 is 13.9 Å². The van der Waals surface area contributed by atoms with Crippen LogP contribution in [0.4, 0.5) is 9.18 Å². The number of hydrogen-bond acceptors (Lipinski definition) is 6. The van der Waals surface area contributed by atoms with Gasteiger partial charge in [0.05, 0.1) is 23.6 Å². The van der Waals surface area contributed by atoms with Crippen molar-refractivity contribution in [1.82, 2.24) is 34.5 Å². The quantitative estimate of drug-likeness (QED) is 0.434. The Hall–Kier alpha value is -3.56. The van der Waals surface area contributed by atoms with Gasteiger partial charge in [-0.3, -0.25) is 0 Å². The lowest BCUT2D eigenvalue weighted by atomic mass is 10.1. The van der Waals surface area contributed by atoms with E-state index in [1.807, 2.05) is 52.9 Å². The molecule has 0 radical (unpaired) electrons. The lowest BCUT2D eigenvalue weighted by Crippen LogP contribution is -2.42. The Balaban J connectivity index is 1.39. The first-order valence-corrected chi connectivity index (χ1v) is 11.5. The van der Waals surface area contributed by atoms with Crippen molar-refractivity contribution in [2.24, 2.45) is 0 Å². The molecule has 1 fully saturated rings. The number of halogens is 1. The number of rotatable bonds is 2. The number of amides is 1. The zero-order chi connectivity index (χ0) is 24.2. The third-order valence-corrected chi connectivity index (χ3v) is 5.92. The summed E-state index contributed by atoms with van der Waals surface area (Å²) in [7, 11) is 0. The van der Waals surface area contributed by atoms with Gasteiger partial charge in [-0.25, -0.2) is 18.7 Å². The predicted molar refractivity (Wildman–Crippen MR) is 125 cm³/mol. The summed E-state index contributed by atoms with van der Waals surface area (Å²) in [5, 5.41) is 13.6. The van der Waals surface area contributed by atoms with E-state index in [9.17, 15) is 4.79 Å². The zero-order valence-electron chi connectivity index (χ0n) is 20.0. The molecule has 5 rings (SSSR count). The number of carbonyl (C=O) groups excluding carboxylic acids is 1.